The average molecular weight is 1460 g/mol. The molecule has 0 amide bonds. The number of benzene rings is 5. The number of non-ortho nitro benzene ring substituents is 5. The highest BCUT2D eigenvalue weighted by molar-refractivity contribution is 8.13. The van der Waals surface area contributed by atoms with Crippen molar-refractivity contribution in [2.24, 2.45) is 0 Å². The summed E-state index contributed by atoms with van der Waals surface area (Å²) >= 11 is 0. The molecule has 0 unspecified atom stereocenters. The van der Waals surface area contributed by atoms with E-state index in [4.69, 9.17) is 33.0 Å². The number of terminal acetylenes is 2. The van der Waals surface area contributed by atoms with Crippen LogP contribution in [0.2, 0.25) is 0 Å². The number of rotatable bonds is 14. The summed E-state index contributed by atoms with van der Waals surface area (Å²) in [7, 11) is -2.68. The van der Waals surface area contributed by atoms with Crippen LogP contribution in [0, 0.1) is 182 Å². The summed E-state index contributed by atoms with van der Waals surface area (Å²) in [4.78, 5) is 68.2. The quantitative estimate of drug-likeness (QED) is 0.0484. The van der Waals surface area contributed by atoms with Gasteiger partial charge in [-0.1, -0.05) is 36.4 Å². The van der Waals surface area contributed by atoms with Gasteiger partial charge in [-0.25, -0.2) is 16.8 Å². The number of nitro benzene ring substituents is 5. The van der Waals surface area contributed by atoms with Crippen molar-refractivity contribution in [2.75, 3.05) is 65.6 Å². The lowest BCUT2D eigenvalue weighted by atomic mass is 10.00. The number of carbonyl (C=O) groups is 1. The van der Waals surface area contributed by atoms with Gasteiger partial charge in [-0.3, -0.25) is 75.4 Å². The molecule has 5 fully saturated rings. The zero-order chi connectivity index (χ0) is 75.4. The Morgan fingerprint density at radius 3 is 1.01 bits per heavy atom. The van der Waals surface area contributed by atoms with Gasteiger partial charge < -0.3 is 9.47 Å². The Hall–Kier alpha value is -12.2. The van der Waals surface area contributed by atoms with E-state index in [0.717, 1.165) is 106 Å². The molecule has 30 heteroatoms. The van der Waals surface area contributed by atoms with Crippen molar-refractivity contribution in [1.29, 1.82) is 0 Å². The van der Waals surface area contributed by atoms with Crippen molar-refractivity contribution in [1.82, 2.24) is 24.3 Å². The summed E-state index contributed by atoms with van der Waals surface area (Å²) in [6, 6.07) is 29.0. The fourth-order valence-electron chi connectivity index (χ4n) is 10.4. The first-order valence-electron chi connectivity index (χ1n) is 31.2. The van der Waals surface area contributed by atoms with Gasteiger partial charge >= 0.3 is 0 Å². The Kier molecular flexibility index (Phi) is 31.8. The number of Topliss-reactive ketones (excluding diaryl/α,β-unsaturated/α-hetero) is 1. The molecular weight excluding hydrogens is 1400 g/mol. The Bertz CT molecular complexity index is 4820. The molecule has 0 radical (unpaired) electrons. The van der Waals surface area contributed by atoms with Crippen molar-refractivity contribution in [2.45, 2.75) is 79.4 Å². The lowest BCUT2D eigenvalue weighted by Gasteiger charge is -2.42. The lowest BCUT2D eigenvalue weighted by molar-refractivity contribution is -0.385. The van der Waals surface area contributed by atoms with Crippen LogP contribution in [0.25, 0.3) is 0 Å². The second-order valence-electron chi connectivity index (χ2n) is 22.3. The molecule has 5 aromatic carbocycles. The average Bonchev–Trinajstić information content (AvgIpc) is 1.53. The van der Waals surface area contributed by atoms with Gasteiger partial charge in [0.1, 0.15) is 17.2 Å². The van der Waals surface area contributed by atoms with Gasteiger partial charge in [0, 0.05) is 206 Å². The lowest BCUT2D eigenvalue weighted by Crippen LogP contribution is -2.54. The predicted octanol–water partition coefficient (Wildman–Crippen LogP) is 7.59. The first kappa shape index (κ1) is 80.8. The molecule has 5 aliphatic rings. The number of likely N-dealkylation sites (tertiary alicyclic amines) is 3. The summed E-state index contributed by atoms with van der Waals surface area (Å²) in [5.74, 6) is 48.5. The van der Waals surface area contributed by atoms with Crippen LogP contribution in [-0.2, 0) is 53.0 Å². The van der Waals surface area contributed by atoms with Gasteiger partial charge in [-0.05, 0) is 136 Å². The fourth-order valence-corrected chi connectivity index (χ4v) is 12.9. The van der Waals surface area contributed by atoms with Crippen LogP contribution >= 0.6 is 10.7 Å². The van der Waals surface area contributed by atoms with E-state index in [1.54, 1.807) is 36.4 Å². The number of piperidine rings is 3. The zero-order valence-electron chi connectivity index (χ0n) is 55.3. The largest absolute Gasteiger partial charge is 0.359 e. The monoisotopic (exact) mass is 1460 g/mol. The second-order valence-corrected chi connectivity index (χ2v) is 26.7. The van der Waals surface area contributed by atoms with E-state index in [0.29, 0.717) is 51.1 Å². The van der Waals surface area contributed by atoms with E-state index >= 15 is 0 Å². The van der Waals surface area contributed by atoms with Gasteiger partial charge in [0.25, 0.3) is 37.5 Å². The van der Waals surface area contributed by atoms with Crippen LogP contribution in [0.1, 0.15) is 55.2 Å². The van der Waals surface area contributed by atoms with Crippen LogP contribution in [0.5, 0.6) is 0 Å². The molecule has 0 atom stereocenters. The summed E-state index contributed by atoms with van der Waals surface area (Å²) in [5.41, 5.74) is 2.03. The van der Waals surface area contributed by atoms with Crippen LogP contribution in [0.3, 0.4) is 0 Å². The number of nitro groups is 5. The molecule has 104 heavy (non-hydrogen) atoms. The maximum atomic E-state index is 13.3. The number of nitrogens with zero attached hydrogens (tertiary/aromatic N) is 9. The van der Waals surface area contributed by atoms with E-state index < -0.39 is 44.5 Å². The standard InChI is InChI=1S/C22H2.C20H22N4O7S.C14H19N3O3.C12H14N2O3.C6H4ClNO4S/c1-3-5-7-9-11-13-15-17-19-21-22-20-18-16-14-12-10-8-6-4-2;25-23(26)17-3-1-16(2-4-17)15-21-11-9-20(10-12-21)22(13-14-31-20)32(29,30)19-7-5-18(6-8-19)24(27)28;18-17(19)13-3-1-12(2-4-13)11-16-8-5-14(6-9-16)15-7-10-20-14;15-12-5-7-13(8-6-12)9-10-1-3-11(4-2-10)14(16)17;7-13(11,12)6-3-1-5(2-4-6)8(9)10/h1-2H;1-8H,9-15H2;1-4,15H,5-11H2;1-4H,5-9H2;1-4H. The van der Waals surface area contributed by atoms with E-state index in [2.05, 4.69) is 138 Å². The third-order valence-electron chi connectivity index (χ3n) is 15.6. The molecule has 528 valence electrons. The molecular formula is C74H61ClN10O17S2. The molecule has 0 aliphatic carbocycles. The normalized spacial score (nSPS) is 15.2. The van der Waals surface area contributed by atoms with E-state index in [9.17, 15) is 72.2 Å². The Labute approximate surface area is 605 Å². The van der Waals surface area contributed by atoms with Crippen molar-refractivity contribution < 1.29 is 55.7 Å². The second kappa shape index (κ2) is 40.9. The summed E-state index contributed by atoms with van der Waals surface area (Å²) in [6.07, 6.45) is 14.0. The number of ether oxygens (including phenoxy) is 2. The van der Waals surface area contributed by atoms with Crippen LogP contribution in [0.15, 0.2) is 131 Å². The Morgan fingerprint density at radius 1 is 0.413 bits per heavy atom. The number of hydrogen-bond acceptors (Lipinski definition) is 21. The molecule has 2 spiro atoms. The van der Waals surface area contributed by atoms with Crippen molar-refractivity contribution in [3.63, 3.8) is 0 Å². The Morgan fingerprint density at radius 2 is 0.712 bits per heavy atom. The van der Waals surface area contributed by atoms with Crippen LogP contribution in [-0.4, -0.2) is 143 Å². The highest BCUT2D eigenvalue weighted by atomic mass is 35.7. The van der Waals surface area contributed by atoms with Crippen molar-refractivity contribution >= 4 is 64.0 Å². The van der Waals surface area contributed by atoms with Crippen LogP contribution in [0.4, 0.5) is 28.4 Å². The van der Waals surface area contributed by atoms with Gasteiger partial charge in [0.2, 0.25) is 10.0 Å². The number of nitrogens with one attached hydrogen (secondary N) is 1. The SMILES string of the molecule is C#CC#CC#CC#CC#CC#CC#CC#CC#CC#CC#C.O=C1CCN(Cc2ccc([N+](=O)[O-])cc2)CC1.O=[N+]([O-])c1ccc(CN2CCC3(CC2)NCCO3)cc1.O=[N+]([O-])c1ccc(CN2CCC3(CC2)OCCN3S(=O)(=O)c2ccc([N+](=O)[O-])cc2)cc1.O=[N+]([O-])c1ccc(S(=O)(=O)Cl)cc1. The van der Waals surface area contributed by atoms with Gasteiger partial charge in [0.15, 0.2) is 0 Å². The number of sulfonamides is 1. The highest BCUT2D eigenvalue weighted by Crippen LogP contribution is 2.39. The Balaban J connectivity index is 0.000000211. The molecule has 0 saturated carbocycles. The molecule has 1 N–H and O–H groups in total. The zero-order valence-corrected chi connectivity index (χ0v) is 57.7. The maximum absolute atomic E-state index is 13.3. The number of hydrogen-bond donors (Lipinski definition) is 1. The molecule has 0 aromatic heterocycles. The minimum Gasteiger partial charge on any atom is -0.359 e. The summed E-state index contributed by atoms with van der Waals surface area (Å²) in [5, 5.41) is 56.4. The smallest absolute Gasteiger partial charge is 0.269 e. The summed E-state index contributed by atoms with van der Waals surface area (Å²) in [6.45, 7) is 9.22. The number of ketones is 1. The molecule has 5 heterocycles. The predicted molar refractivity (Wildman–Crippen MR) is 384 cm³/mol. The highest BCUT2D eigenvalue weighted by Gasteiger charge is 2.50. The summed E-state index contributed by atoms with van der Waals surface area (Å²) < 4.78 is 61.1. The molecule has 5 saturated heterocycles. The first-order chi connectivity index (χ1) is 49.8. The van der Waals surface area contributed by atoms with Gasteiger partial charge in [-0.2, -0.15) is 4.31 Å². The number of halogens is 1. The number of carbonyl (C=O) groups excluding carboxylic acids is 1. The minimum absolute atomic E-state index is 0.00119. The molecule has 5 aliphatic heterocycles. The molecule has 27 nitrogen and oxygen atoms in total. The van der Waals surface area contributed by atoms with Crippen molar-refractivity contribution in [3.05, 3.63) is 189 Å². The van der Waals surface area contributed by atoms with Gasteiger partial charge in [0.05, 0.1) is 47.6 Å². The minimum atomic E-state index is -3.88. The third kappa shape index (κ3) is 26.7. The first-order valence-corrected chi connectivity index (χ1v) is 34.9. The van der Waals surface area contributed by atoms with Crippen molar-refractivity contribution in [3.8, 4) is 131 Å². The topological polar surface area (TPSA) is 344 Å². The third-order valence-corrected chi connectivity index (χ3v) is 18.9. The molecule has 0 bridgehead atoms. The maximum Gasteiger partial charge on any atom is 0.269 e. The van der Waals surface area contributed by atoms with Gasteiger partial charge in [-0.15, -0.1) is 12.8 Å². The fraction of sp³-hybridized carbons (Fsp3) is 0.284. The molecule has 10 rings (SSSR count). The van der Waals surface area contributed by atoms with E-state index in [1.807, 2.05) is 12.1 Å². The van der Waals surface area contributed by atoms with Crippen LogP contribution < -0.4 is 5.32 Å². The van der Waals surface area contributed by atoms with E-state index in [-0.39, 0.29) is 62.0 Å². The molecule has 5 aromatic rings. The van der Waals surface area contributed by atoms with E-state index in [1.165, 1.54) is 52.8 Å².